The molecule has 1 aromatic carbocycles. The average molecular weight is 372 g/mol. The van der Waals surface area contributed by atoms with Crippen LogP contribution in [0.1, 0.15) is 16.1 Å². The van der Waals surface area contributed by atoms with E-state index >= 15 is 0 Å². The molecule has 1 saturated heterocycles. The van der Waals surface area contributed by atoms with Crippen molar-refractivity contribution >= 4 is 28.7 Å². The van der Waals surface area contributed by atoms with Gasteiger partial charge in [-0.3, -0.25) is 14.4 Å². The van der Waals surface area contributed by atoms with Gasteiger partial charge in [0.05, 0.1) is 24.5 Å². The second-order valence-corrected chi connectivity index (χ2v) is 6.76. The Hall–Kier alpha value is -2.43. The maximum absolute atomic E-state index is 12.3. The van der Waals surface area contributed by atoms with Crippen molar-refractivity contribution in [2.45, 2.75) is 13.1 Å². The average Bonchev–Trinajstić information content (AvgIpc) is 3.34. The summed E-state index contributed by atoms with van der Waals surface area (Å²) in [5.41, 5.74) is 3.03. The molecule has 1 aliphatic rings. The molecule has 1 aliphatic heterocycles. The third-order valence-corrected chi connectivity index (χ3v) is 4.95. The van der Waals surface area contributed by atoms with Crippen molar-refractivity contribution in [2.75, 3.05) is 32.7 Å². The number of benzene rings is 1. The second kappa shape index (κ2) is 7.85. The monoisotopic (exact) mass is 372 g/mol. The fourth-order valence-corrected chi connectivity index (χ4v) is 3.42. The molecule has 0 unspecified atom stereocenters. The van der Waals surface area contributed by atoms with E-state index in [0.717, 1.165) is 55.9 Å². The van der Waals surface area contributed by atoms with Crippen LogP contribution in [-0.4, -0.2) is 67.3 Å². The highest BCUT2D eigenvalue weighted by molar-refractivity contribution is 7.00. The van der Waals surface area contributed by atoms with Gasteiger partial charge in [-0.25, -0.2) is 0 Å². The number of fused-ring (bicyclic) bond motifs is 1. The minimum atomic E-state index is -0.227. The van der Waals surface area contributed by atoms with E-state index in [1.807, 2.05) is 18.2 Å². The van der Waals surface area contributed by atoms with Gasteiger partial charge < -0.3 is 10.6 Å². The zero-order valence-electron chi connectivity index (χ0n) is 14.3. The summed E-state index contributed by atoms with van der Waals surface area (Å²) in [5.74, 6) is -0.227. The summed E-state index contributed by atoms with van der Waals surface area (Å²) in [6.07, 6.45) is 1.70. The molecule has 0 atom stereocenters. The van der Waals surface area contributed by atoms with E-state index in [2.05, 4.69) is 34.6 Å². The van der Waals surface area contributed by atoms with Crippen LogP contribution in [0.3, 0.4) is 0 Å². The van der Waals surface area contributed by atoms with Crippen LogP contribution in [0, 0.1) is 0 Å². The molecule has 1 amide bonds. The van der Waals surface area contributed by atoms with Crippen molar-refractivity contribution in [1.82, 2.24) is 39.3 Å². The molecule has 4 rings (SSSR count). The maximum atomic E-state index is 12.3. The van der Waals surface area contributed by atoms with Gasteiger partial charge in [0.1, 0.15) is 11.0 Å². The molecule has 10 heteroatoms. The number of amides is 1. The molecule has 0 aliphatic carbocycles. The van der Waals surface area contributed by atoms with Crippen LogP contribution in [0.4, 0.5) is 0 Å². The zero-order valence-corrected chi connectivity index (χ0v) is 15.1. The van der Waals surface area contributed by atoms with Crippen LogP contribution in [0.5, 0.6) is 0 Å². The third kappa shape index (κ3) is 4.03. The van der Waals surface area contributed by atoms with Crippen molar-refractivity contribution in [2.24, 2.45) is 0 Å². The quantitative estimate of drug-likeness (QED) is 0.634. The minimum Gasteiger partial charge on any atom is -0.347 e. The highest BCUT2D eigenvalue weighted by Crippen LogP contribution is 2.13. The number of carbonyl (C=O) groups is 1. The first kappa shape index (κ1) is 17.0. The van der Waals surface area contributed by atoms with Crippen LogP contribution in [0.15, 0.2) is 24.4 Å². The lowest BCUT2D eigenvalue weighted by Gasteiger charge is -2.26. The summed E-state index contributed by atoms with van der Waals surface area (Å²) in [4.78, 5) is 14.7. The first-order valence-electron chi connectivity index (χ1n) is 8.60. The number of nitrogens with one attached hydrogen (secondary N) is 2. The largest absolute Gasteiger partial charge is 0.347 e. The number of carbonyl (C=O) groups excluding carboxylic acids is 1. The molecular formula is C16H20N8OS. The lowest BCUT2D eigenvalue weighted by atomic mass is 10.2. The number of piperazine rings is 1. The van der Waals surface area contributed by atoms with Gasteiger partial charge in [0.2, 0.25) is 0 Å². The second-order valence-electron chi connectivity index (χ2n) is 6.23. The minimum absolute atomic E-state index is 0.227. The molecule has 1 fully saturated rings. The van der Waals surface area contributed by atoms with Crippen LogP contribution in [-0.2, 0) is 13.1 Å². The van der Waals surface area contributed by atoms with Crippen LogP contribution >= 0.6 is 11.7 Å². The molecule has 0 saturated carbocycles. The Kier molecular flexibility index (Phi) is 5.14. The Bertz CT molecular complexity index is 885. The van der Waals surface area contributed by atoms with E-state index < -0.39 is 0 Å². The maximum Gasteiger partial charge on any atom is 0.273 e. The van der Waals surface area contributed by atoms with Gasteiger partial charge in [-0.05, 0) is 17.7 Å². The summed E-state index contributed by atoms with van der Waals surface area (Å²) in [7, 11) is 0. The summed E-state index contributed by atoms with van der Waals surface area (Å²) >= 11 is 1.19. The van der Waals surface area contributed by atoms with E-state index in [1.165, 1.54) is 11.7 Å². The number of hydrogen-bond acceptors (Lipinski definition) is 8. The topological polar surface area (TPSA) is 101 Å². The van der Waals surface area contributed by atoms with E-state index in [0.29, 0.717) is 12.2 Å². The van der Waals surface area contributed by atoms with Gasteiger partial charge in [0.15, 0.2) is 5.69 Å². The van der Waals surface area contributed by atoms with Gasteiger partial charge in [-0.15, -0.1) is 5.10 Å². The Labute approximate surface area is 154 Å². The fraction of sp³-hybridized carbons (Fsp3) is 0.438. The van der Waals surface area contributed by atoms with E-state index in [1.54, 1.807) is 10.9 Å². The molecule has 9 nitrogen and oxygen atoms in total. The highest BCUT2D eigenvalue weighted by atomic mass is 32.1. The Balaban J connectivity index is 1.29. The smallest absolute Gasteiger partial charge is 0.273 e. The van der Waals surface area contributed by atoms with Crippen LogP contribution in [0.2, 0.25) is 0 Å². The van der Waals surface area contributed by atoms with Crippen LogP contribution < -0.4 is 10.6 Å². The van der Waals surface area contributed by atoms with Crippen molar-refractivity contribution in [3.8, 4) is 0 Å². The van der Waals surface area contributed by atoms with Crippen molar-refractivity contribution in [3.05, 3.63) is 35.7 Å². The molecule has 0 bridgehead atoms. The highest BCUT2D eigenvalue weighted by Gasteiger charge is 2.13. The molecule has 136 valence electrons. The van der Waals surface area contributed by atoms with Crippen molar-refractivity contribution in [1.29, 1.82) is 0 Å². The van der Waals surface area contributed by atoms with E-state index in [-0.39, 0.29) is 5.91 Å². The van der Waals surface area contributed by atoms with E-state index in [4.69, 9.17) is 0 Å². The number of rotatable bonds is 6. The predicted octanol–water partition coefficient (Wildman–Crippen LogP) is 0.118. The van der Waals surface area contributed by atoms with Gasteiger partial charge in [-0.1, -0.05) is 11.3 Å². The van der Waals surface area contributed by atoms with Crippen molar-refractivity contribution < 1.29 is 4.79 Å². The molecule has 3 aromatic rings. The molecule has 2 N–H and O–H groups in total. The Morgan fingerprint density at radius 3 is 2.92 bits per heavy atom. The van der Waals surface area contributed by atoms with Gasteiger partial charge in [0.25, 0.3) is 5.91 Å². The number of hydrogen-bond donors (Lipinski definition) is 2. The molecule has 26 heavy (non-hydrogen) atoms. The molecule has 0 radical (unpaired) electrons. The first-order chi connectivity index (χ1) is 12.8. The predicted molar refractivity (Wildman–Crippen MR) is 97.9 cm³/mol. The van der Waals surface area contributed by atoms with Gasteiger partial charge in [-0.2, -0.15) is 8.75 Å². The molecule has 0 spiro atoms. The molecule has 3 heterocycles. The molecule has 2 aromatic heterocycles. The molecular weight excluding hydrogens is 352 g/mol. The van der Waals surface area contributed by atoms with Gasteiger partial charge >= 0.3 is 0 Å². The summed E-state index contributed by atoms with van der Waals surface area (Å²) in [6, 6.07) is 5.78. The summed E-state index contributed by atoms with van der Waals surface area (Å²) in [5, 5.41) is 14.2. The lowest BCUT2D eigenvalue weighted by Crippen LogP contribution is -2.44. The number of nitrogens with zero attached hydrogens (tertiary/aromatic N) is 6. The summed E-state index contributed by atoms with van der Waals surface area (Å²) < 4.78 is 10.1. The van der Waals surface area contributed by atoms with E-state index in [9.17, 15) is 4.79 Å². The number of aromatic nitrogens is 5. The lowest BCUT2D eigenvalue weighted by molar-refractivity contribution is 0.0946. The van der Waals surface area contributed by atoms with Crippen LogP contribution in [0.25, 0.3) is 11.0 Å². The fourth-order valence-electron chi connectivity index (χ4n) is 2.90. The van der Waals surface area contributed by atoms with Gasteiger partial charge in [0, 0.05) is 39.3 Å². The Morgan fingerprint density at radius 1 is 1.19 bits per heavy atom. The van der Waals surface area contributed by atoms with Crippen molar-refractivity contribution in [3.63, 3.8) is 0 Å². The normalized spacial score (nSPS) is 15.4. The Morgan fingerprint density at radius 2 is 2.04 bits per heavy atom. The third-order valence-electron chi connectivity index (χ3n) is 4.40. The summed E-state index contributed by atoms with van der Waals surface area (Å²) in [6.45, 7) is 6.19. The first-order valence-corrected chi connectivity index (χ1v) is 9.33. The SMILES string of the molecule is O=C(NCc1ccc2nsnc2c1)c1cn(CCN2CCNCC2)nn1. The zero-order chi connectivity index (χ0) is 17.8. The standard InChI is InChI=1S/C16H20N8OS/c25-16(18-10-12-1-2-13-14(9-12)21-26-20-13)15-11-24(22-19-15)8-7-23-5-3-17-4-6-23/h1-2,9,11,17H,3-8,10H2,(H,18,25).